The summed E-state index contributed by atoms with van der Waals surface area (Å²) in [4.78, 5) is 0. The summed E-state index contributed by atoms with van der Waals surface area (Å²) in [6, 6.07) is 10.5. The highest BCUT2D eigenvalue weighted by Crippen LogP contribution is 2.34. The molecular formula is C20H27ClO2. The molecule has 2 aromatic rings. The van der Waals surface area contributed by atoms with Gasteiger partial charge in [0.1, 0.15) is 11.5 Å². The van der Waals surface area contributed by atoms with Gasteiger partial charge < -0.3 is 9.47 Å². The summed E-state index contributed by atoms with van der Waals surface area (Å²) >= 11 is 5.71. The van der Waals surface area contributed by atoms with Crippen LogP contribution in [0, 0.1) is 6.92 Å². The molecule has 0 radical (unpaired) electrons. The minimum Gasteiger partial charge on any atom is -0.493 e. The van der Waals surface area contributed by atoms with Crippen molar-refractivity contribution >= 4 is 22.4 Å². The number of benzene rings is 2. The lowest BCUT2D eigenvalue weighted by Crippen LogP contribution is -2.00. The van der Waals surface area contributed by atoms with Crippen molar-refractivity contribution in [1.82, 2.24) is 0 Å². The number of halogens is 1. The lowest BCUT2D eigenvalue weighted by atomic mass is 10.1. The second kappa shape index (κ2) is 9.67. The van der Waals surface area contributed by atoms with Crippen LogP contribution >= 0.6 is 11.6 Å². The molecule has 0 aromatic heterocycles. The molecule has 0 spiro atoms. The van der Waals surface area contributed by atoms with Gasteiger partial charge in [-0.05, 0) is 50.8 Å². The Morgan fingerprint density at radius 3 is 2.22 bits per heavy atom. The number of fused-ring (bicyclic) bond motifs is 1. The smallest absolute Gasteiger partial charge is 0.127 e. The quantitative estimate of drug-likeness (QED) is 0.385. The van der Waals surface area contributed by atoms with Crippen LogP contribution in [0.25, 0.3) is 10.8 Å². The fourth-order valence-electron chi connectivity index (χ4n) is 2.54. The Balaban J connectivity index is 2.14. The van der Waals surface area contributed by atoms with Crippen LogP contribution in [0.1, 0.15) is 44.6 Å². The molecule has 0 fully saturated rings. The first-order valence-electron chi connectivity index (χ1n) is 8.61. The van der Waals surface area contributed by atoms with Crippen LogP contribution in [0.4, 0.5) is 0 Å². The van der Waals surface area contributed by atoms with E-state index in [1.807, 2.05) is 12.1 Å². The molecule has 0 heterocycles. The molecule has 23 heavy (non-hydrogen) atoms. The van der Waals surface area contributed by atoms with Gasteiger partial charge in [0, 0.05) is 16.7 Å². The zero-order chi connectivity index (χ0) is 16.5. The molecule has 0 N–H and O–H groups in total. The van der Waals surface area contributed by atoms with Crippen LogP contribution in [0.15, 0.2) is 30.3 Å². The molecule has 2 aromatic carbocycles. The Morgan fingerprint density at radius 2 is 1.52 bits per heavy atom. The molecule has 0 atom stereocenters. The summed E-state index contributed by atoms with van der Waals surface area (Å²) in [6.07, 6.45) is 5.41. The van der Waals surface area contributed by atoms with Gasteiger partial charge >= 0.3 is 0 Å². The molecule has 2 rings (SSSR count). The van der Waals surface area contributed by atoms with E-state index in [4.69, 9.17) is 21.1 Å². The number of ether oxygens (including phenoxy) is 2. The van der Waals surface area contributed by atoms with Gasteiger partial charge in [0.05, 0.1) is 13.2 Å². The van der Waals surface area contributed by atoms with E-state index < -0.39 is 0 Å². The van der Waals surface area contributed by atoms with Crippen LogP contribution in [0.5, 0.6) is 11.5 Å². The minimum absolute atomic E-state index is 0.728. The fourth-order valence-corrected chi connectivity index (χ4v) is 2.73. The largest absolute Gasteiger partial charge is 0.493 e. The Kier molecular flexibility index (Phi) is 7.54. The molecule has 0 amide bonds. The zero-order valence-corrected chi connectivity index (χ0v) is 15.0. The summed E-state index contributed by atoms with van der Waals surface area (Å²) in [5, 5.41) is 2.27. The van der Waals surface area contributed by atoms with E-state index in [2.05, 4.69) is 32.0 Å². The minimum atomic E-state index is 0.728. The molecule has 2 nitrogen and oxygen atoms in total. The van der Waals surface area contributed by atoms with Crippen molar-refractivity contribution in [2.75, 3.05) is 19.1 Å². The molecule has 0 aliphatic rings. The molecular weight excluding hydrogens is 308 g/mol. The predicted molar refractivity (Wildman–Crippen MR) is 99.2 cm³/mol. The summed E-state index contributed by atoms with van der Waals surface area (Å²) in [5.74, 6) is 2.62. The number of alkyl halides is 1. The van der Waals surface area contributed by atoms with Gasteiger partial charge in [-0.15, -0.1) is 11.6 Å². The first kappa shape index (κ1) is 17.9. The fraction of sp³-hybridized carbons (Fsp3) is 0.500. The number of unbranched alkanes of at least 4 members (excludes halogenated alkanes) is 3. The van der Waals surface area contributed by atoms with Crippen molar-refractivity contribution in [1.29, 1.82) is 0 Å². The molecule has 0 saturated heterocycles. The van der Waals surface area contributed by atoms with Gasteiger partial charge in [-0.3, -0.25) is 0 Å². The Hall–Kier alpha value is -1.41. The molecule has 0 aliphatic heterocycles. The second-order valence-corrected chi connectivity index (χ2v) is 6.29. The predicted octanol–water partition coefficient (Wildman–Crippen LogP) is 6.12. The number of hydrogen-bond donors (Lipinski definition) is 0. The number of aryl methyl sites for hydroxylation is 1. The second-order valence-electron chi connectivity index (χ2n) is 5.91. The Bertz CT molecular complexity index is 610. The van der Waals surface area contributed by atoms with Gasteiger partial charge in [-0.1, -0.05) is 31.0 Å². The van der Waals surface area contributed by atoms with Crippen molar-refractivity contribution in [3.63, 3.8) is 0 Å². The Morgan fingerprint density at radius 1 is 0.826 bits per heavy atom. The third kappa shape index (κ3) is 5.31. The van der Waals surface area contributed by atoms with E-state index in [0.717, 1.165) is 73.5 Å². The lowest BCUT2D eigenvalue weighted by molar-refractivity contribution is 0.304. The van der Waals surface area contributed by atoms with Gasteiger partial charge in [0.2, 0.25) is 0 Å². The third-order valence-electron chi connectivity index (χ3n) is 3.88. The highest BCUT2D eigenvalue weighted by atomic mass is 35.5. The number of rotatable bonds is 10. The van der Waals surface area contributed by atoms with Gasteiger partial charge in [-0.2, -0.15) is 0 Å². The third-order valence-corrected chi connectivity index (χ3v) is 4.15. The van der Waals surface area contributed by atoms with Crippen LogP contribution < -0.4 is 9.47 Å². The average Bonchev–Trinajstić information content (AvgIpc) is 2.56. The molecule has 3 heteroatoms. The molecule has 0 saturated carbocycles. The number of hydrogen-bond acceptors (Lipinski definition) is 2. The van der Waals surface area contributed by atoms with E-state index >= 15 is 0 Å². The van der Waals surface area contributed by atoms with Crippen LogP contribution in [0.3, 0.4) is 0 Å². The van der Waals surface area contributed by atoms with E-state index in [1.54, 1.807) is 0 Å². The average molecular weight is 335 g/mol. The monoisotopic (exact) mass is 334 g/mol. The van der Waals surface area contributed by atoms with E-state index in [1.165, 1.54) is 5.56 Å². The molecule has 126 valence electrons. The topological polar surface area (TPSA) is 18.5 Å². The van der Waals surface area contributed by atoms with Crippen LogP contribution in [0.2, 0.25) is 0 Å². The van der Waals surface area contributed by atoms with Crippen molar-refractivity contribution in [3.8, 4) is 11.5 Å². The van der Waals surface area contributed by atoms with Gasteiger partial charge in [0.25, 0.3) is 0 Å². The van der Waals surface area contributed by atoms with E-state index in [9.17, 15) is 0 Å². The lowest BCUT2D eigenvalue weighted by Gasteiger charge is -2.14. The van der Waals surface area contributed by atoms with Crippen molar-refractivity contribution < 1.29 is 9.47 Å². The highest BCUT2D eigenvalue weighted by molar-refractivity contribution is 6.17. The van der Waals surface area contributed by atoms with Gasteiger partial charge in [-0.25, -0.2) is 0 Å². The SMILES string of the molecule is CCCCOc1ccc(OCCCCCCl)c2cc(C)ccc12. The van der Waals surface area contributed by atoms with Crippen LogP contribution in [-0.4, -0.2) is 19.1 Å². The van der Waals surface area contributed by atoms with Crippen molar-refractivity contribution in [3.05, 3.63) is 35.9 Å². The van der Waals surface area contributed by atoms with Gasteiger partial charge in [0.15, 0.2) is 0 Å². The van der Waals surface area contributed by atoms with E-state index in [0.29, 0.717) is 0 Å². The van der Waals surface area contributed by atoms with Crippen molar-refractivity contribution in [2.45, 2.75) is 46.0 Å². The summed E-state index contributed by atoms with van der Waals surface area (Å²) in [5.41, 5.74) is 1.23. The van der Waals surface area contributed by atoms with Crippen molar-refractivity contribution in [2.24, 2.45) is 0 Å². The zero-order valence-electron chi connectivity index (χ0n) is 14.2. The highest BCUT2D eigenvalue weighted by Gasteiger charge is 2.08. The standard InChI is InChI=1S/C20H27ClO2/c1-3-4-13-22-19-10-11-20(23-14-7-5-6-12-21)18-15-16(2)8-9-17(18)19/h8-11,15H,3-7,12-14H2,1-2H3. The maximum Gasteiger partial charge on any atom is 0.127 e. The molecule has 0 aliphatic carbocycles. The molecule has 0 bridgehead atoms. The molecule has 0 unspecified atom stereocenters. The maximum atomic E-state index is 6.00. The van der Waals surface area contributed by atoms with E-state index in [-0.39, 0.29) is 0 Å². The van der Waals surface area contributed by atoms with Crippen LogP contribution in [-0.2, 0) is 0 Å². The maximum absolute atomic E-state index is 6.00. The summed E-state index contributed by atoms with van der Waals surface area (Å²) in [6.45, 7) is 5.77. The Labute approximate surface area is 144 Å². The normalized spacial score (nSPS) is 10.9. The summed E-state index contributed by atoms with van der Waals surface area (Å²) in [7, 11) is 0. The first-order chi connectivity index (χ1) is 11.3. The summed E-state index contributed by atoms with van der Waals surface area (Å²) < 4.78 is 11.9. The first-order valence-corrected chi connectivity index (χ1v) is 9.14.